The SMILES string of the molecule is C=NN(/C=C\N)C[C@H]1CN(c2cc(F)c(N3CCON(C(=O)CNC(=O)c4ccc([N+](=O)[O-])o4)CC3)c(F)c2)C(=O)O1. The first-order chi connectivity index (χ1) is 20.1. The number of amides is 3. The number of carbonyl (C=O) groups is 3. The fraction of sp³-hybridized carbons (Fsp3) is 0.333. The third kappa shape index (κ3) is 6.72. The van der Waals surface area contributed by atoms with Gasteiger partial charge < -0.3 is 25.1 Å². The van der Waals surface area contributed by atoms with E-state index in [1.165, 1.54) is 22.3 Å². The van der Waals surface area contributed by atoms with Crippen molar-refractivity contribution in [2.24, 2.45) is 10.8 Å². The van der Waals surface area contributed by atoms with Gasteiger partial charge in [0.1, 0.15) is 16.7 Å². The van der Waals surface area contributed by atoms with Crippen LogP contribution in [0.5, 0.6) is 0 Å². The number of nitrogens with one attached hydrogen (secondary N) is 1. The maximum Gasteiger partial charge on any atom is 0.433 e. The van der Waals surface area contributed by atoms with Gasteiger partial charge in [0, 0.05) is 44.3 Å². The van der Waals surface area contributed by atoms with Gasteiger partial charge in [-0.05, 0) is 6.07 Å². The van der Waals surface area contributed by atoms with Crippen molar-refractivity contribution in [2.75, 3.05) is 55.7 Å². The Bertz CT molecular complexity index is 1380. The highest BCUT2D eigenvalue weighted by atomic mass is 19.1. The molecular weight excluding hydrogens is 566 g/mol. The lowest BCUT2D eigenvalue weighted by Gasteiger charge is -2.24. The number of nitro groups is 1. The van der Waals surface area contributed by atoms with Crippen LogP contribution < -0.4 is 20.9 Å². The van der Waals surface area contributed by atoms with E-state index in [4.69, 9.17) is 19.7 Å². The van der Waals surface area contributed by atoms with Gasteiger partial charge in [0.2, 0.25) is 0 Å². The molecule has 2 saturated heterocycles. The molecule has 1 aromatic heterocycles. The lowest BCUT2D eigenvalue weighted by atomic mass is 10.2. The number of rotatable bonds is 10. The van der Waals surface area contributed by atoms with Crippen molar-refractivity contribution < 1.29 is 42.1 Å². The smallest absolute Gasteiger partial charge is 0.433 e. The Kier molecular flexibility index (Phi) is 9.15. The molecule has 0 bridgehead atoms. The molecule has 0 unspecified atom stereocenters. The highest BCUT2D eigenvalue weighted by molar-refractivity contribution is 5.94. The number of carbonyl (C=O) groups excluding carboxylic acids is 3. The fourth-order valence-corrected chi connectivity index (χ4v) is 4.26. The summed E-state index contributed by atoms with van der Waals surface area (Å²) in [5.74, 6) is -4.40. The summed E-state index contributed by atoms with van der Waals surface area (Å²) in [5, 5.41) is 19.0. The van der Waals surface area contributed by atoms with Gasteiger partial charge in [-0.2, -0.15) is 5.10 Å². The molecule has 2 aliphatic rings. The van der Waals surface area contributed by atoms with Crippen molar-refractivity contribution in [1.29, 1.82) is 0 Å². The molecule has 0 aliphatic carbocycles. The summed E-state index contributed by atoms with van der Waals surface area (Å²) >= 11 is 0. The van der Waals surface area contributed by atoms with Crippen molar-refractivity contribution in [2.45, 2.75) is 6.10 Å². The van der Waals surface area contributed by atoms with Crippen LogP contribution in [0.1, 0.15) is 10.6 Å². The fourth-order valence-electron chi connectivity index (χ4n) is 4.26. The van der Waals surface area contributed by atoms with Crippen LogP contribution in [0.3, 0.4) is 0 Å². The summed E-state index contributed by atoms with van der Waals surface area (Å²) < 4.78 is 40.5. The molecule has 0 saturated carbocycles. The second-order valence-electron chi connectivity index (χ2n) is 8.87. The quantitative estimate of drug-likeness (QED) is 0.229. The summed E-state index contributed by atoms with van der Waals surface area (Å²) in [6.07, 6.45) is 1.19. The molecule has 1 aromatic carbocycles. The van der Waals surface area contributed by atoms with Gasteiger partial charge in [-0.1, -0.05) is 0 Å². The molecule has 2 aromatic rings. The van der Waals surface area contributed by atoms with Gasteiger partial charge in [0.15, 0.2) is 17.4 Å². The average molecular weight is 593 g/mol. The number of cyclic esters (lactones) is 1. The number of ether oxygens (including phenoxy) is 1. The van der Waals surface area contributed by atoms with Crippen LogP contribution in [0.2, 0.25) is 0 Å². The van der Waals surface area contributed by atoms with Gasteiger partial charge in [-0.15, -0.1) is 0 Å². The molecule has 3 heterocycles. The second-order valence-corrected chi connectivity index (χ2v) is 8.87. The summed E-state index contributed by atoms with van der Waals surface area (Å²) in [4.78, 5) is 54.8. The Morgan fingerprint density at radius 3 is 2.64 bits per heavy atom. The molecule has 2 fully saturated rings. The first-order valence-corrected chi connectivity index (χ1v) is 12.4. The van der Waals surface area contributed by atoms with Gasteiger partial charge in [0.05, 0.1) is 44.5 Å². The topological polar surface area (TPSA) is 189 Å². The van der Waals surface area contributed by atoms with E-state index in [1.807, 2.05) is 0 Å². The van der Waals surface area contributed by atoms with E-state index >= 15 is 8.78 Å². The van der Waals surface area contributed by atoms with Crippen LogP contribution in [-0.4, -0.2) is 91.6 Å². The highest BCUT2D eigenvalue weighted by Crippen LogP contribution is 2.31. The molecule has 42 heavy (non-hydrogen) atoms. The number of hydrazone groups is 1. The highest BCUT2D eigenvalue weighted by Gasteiger charge is 2.35. The largest absolute Gasteiger partial charge is 0.442 e. The Morgan fingerprint density at radius 1 is 1.26 bits per heavy atom. The molecule has 3 N–H and O–H groups in total. The van der Waals surface area contributed by atoms with Gasteiger partial charge in [-0.3, -0.25) is 34.4 Å². The number of nitrogens with zero attached hydrogens (tertiary/aromatic N) is 6. The number of furan rings is 1. The third-order valence-corrected chi connectivity index (χ3v) is 6.19. The molecule has 3 amide bonds. The molecule has 0 radical (unpaired) electrons. The zero-order valence-corrected chi connectivity index (χ0v) is 22.0. The Hall–Kier alpha value is -5.26. The Balaban J connectivity index is 1.35. The van der Waals surface area contributed by atoms with E-state index in [2.05, 4.69) is 17.1 Å². The molecule has 4 rings (SSSR count). The predicted molar refractivity (Wildman–Crippen MR) is 141 cm³/mol. The molecule has 1 atom stereocenters. The van der Waals surface area contributed by atoms with Crippen molar-refractivity contribution in [3.8, 4) is 0 Å². The van der Waals surface area contributed by atoms with Crippen LogP contribution >= 0.6 is 0 Å². The van der Waals surface area contributed by atoms with Gasteiger partial charge in [0.25, 0.3) is 11.8 Å². The molecule has 18 heteroatoms. The normalized spacial score (nSPS) is 17.2. The summed E-state index contributed by atoms with van der Waals surface area (Å²) in [6.45, 7) is 2.77. The summed E-state index contributed by atoms with van der Waals surface area (Å²) in [6, 6.07) is 4.11. The zero-order valence-electron chi connectivity index (χ0n) is 22.0. The number of hydrogen-bond acceptors (Lipinski definition) is 12. The van der Waals surface area contributed by atoms with Crippen molar-refractivity contribution in [3.63, 3.8) is 0 Å². The van der Waals surface area contributed by atoms with E-state index in [9.17, 15) is 24.5 Å². The van der Waals surface area contributed by atoms with Crippen LogP contribution in [0, 0.1) is 21.7 Å². The van der Waals surface area contributed by atoms with Crippen LogP contribution in [0.25, 0.3) is 0 Å². The first kappa shape index (κ1) is 29.7. The van der Waals surface area contributed by atoms with E-state index in [0.29, 0.717) is 0 Å². The minimum absolute atomic E-state index is 0.00344. The monoisotopic (exact) mass is 592 g/mol. The molecule has 2 aliphatic heterocycles. The third-order valence-electron chi connectivity index (χ3n) is 6.19. The lowest BCUT2D eigenvalue weighted by molar-refractivity contribution is -0.402. The average Bonchev–Trinajstić information content (AvgIpc) is 3.52. The molecule has 224 valence electrons. The maximum absolute atomic E-state index is 15.2. The van der Waals surface area contributed by atoms with Crippen molar-refractivity contribution in [1.82, 2.24) is 15.4 Å². The van der Waals surface area contributed by atoms with Crippen LogP contribution in [-0.2, 0) is 14.4 Å². The van der Waals surface area contributed by atoms with Crippen LogP contribution in [0.4, 0.5) is 30.8 Å². The minimum atomic E-state index is -0.943. The predicted octanol–water partition coefficient (Wildman–Crippen LogP) is 1.15. The lowest BCUT2D eigenvalue weighted by Crippen LogP contribution is -2.41. The van der Waals surface area contributed by atoms with E-state index in [1.54, 1.807) is 0 Å². The zero-order chi connectivity index (χ0) is 30.4. The second kappa shape index (κ2) is 12.9. The molecule has 0 spiro atoms. The summed E-state index contributed by atoms with van der Waals surface area (Å²) in [5.41, 5.74) is 4.92. The first-order valence-electron chi connectivity index (χ1n) is 12.4. The number of nitrogens with two attached hydrogens (primary N) is 1. The maximum atomic E-state index is 15.2. The van der Waals surface area contributed by atoms with Gasteiger partial charge in [-0.25, -0.2) is 18.6 Å². The standard InChI is InChI=1S/C24H26F2N8O8/c1-28-31(5-4-27)13-16-14-32(24(37)41-16)15-10-17(25)22(18(26)11-15)30-6-7-33(40-9-8-30)20(35)12-29-23(36)19-2-3-21(42-19)34(38)39/h2-5,10-11,16H,1,6-9,12-14,27H2,(H,29,36)/b5-4-/t16-/m0/s1. The van der Waals surface area contributed by atoms with E-state index < -0.39 is 53.0 Å². The molecular formula is C24H26F2N8O8. The summed E-state index contributed by atoms with van der Waals surface area (Å²) in [7, 11) is 0. The number of hydroxylamine groups is 2. The van der Waals surface area contributed by atoms with Crippen LogP contribution in [0.15, 0.2) is 46.2 Å². The van der Waals surface area contributed by atoms with E-state index in [0.717, 1.165) is 34.2 Å². The Labute approximate surface area is 236 Å². The van der Waals surface area contributed by atoms with Gasteiger partial charge >= 0.3 is 12.0 Å². The van der Waals surface area contributed by atoms with E-state index in [-0.39, 0.29) is 56.5 Å². The number of halogens is 2. The minimum Gasteiger partial charge on any atom is -0.442 e. The molecule has 16 nitrogen and oxygen atoms in total. The number of anilines is 2. The number of benzene rings is 1. The number of hydrogen-bond donors (Lipinski definition) is 2. The Morgan fingerprint density at radius 2 is 2.00 bits per heavy atom. The van der Waals surface area contributed by atoms with Crippen molar-refractivity contribution >= 4 is 41.9 Å². The van der Waals surface area contributed by atoms with Crippen molar-refractivity contribution in [3.05, 3.63) is 64.2 Å².